The minimum atomic E-state index is -0.473. The molecule has 2 aromatic rings. The summed E-state index contributed by atoms with van der Waals surface area (Å²) in [7, 11) is 0. The minimum absolute atomic E-state index is 0.0476. The van der Waals surface area contributed by atoms with Crippen LogP contribution in [-0.4, -0.2) is 64.6 Å². The molecule has 3 N–H and O–H groups in total. The van der Waals surface area contributed by atoms with Crippen LogP contribution in [0.2, 0.25) is 0 Å². The standard InChI is InChI=1S/C18H25N3O3.C13H17N3O/c1-17(2,3)24-16(23)21-10-6-18(7-11-21)12-14(18)15(22)20-13-4-8-19-9-5-13;17-12(16-10-1-5-14-6-2-10)11-9-13(11)3-7-15-8-4-13/h4-5,8-9,14H,6-7,10-12H2,1-3H3,(H,19,20,22);1-2,5-6,11,15H,3-4,7-9H2,(H,14,16,17). The third kappa shape index (κ3) is 7.22. The highest BCUT2D eigenvalue weighted by Crippen LogP contribution is 2.60. The summed E-state index contributed by atoms with van der Waals surface area (Å²) in [5.74, 6) is 0.522. The second kappa shape index (κ2) is 11.8. The van der Waals surface area contributed by atoms with E-state index in [2.05, 4.69) is 25.9 Å². The predicted molar refractivity (Wildman–Crippen MR) is 156 cm³/mol. The van der Waals surface area contributed by atoms with E-state index in [1.807, 2.05) is 32.9 Å². The van der Waals surface area contributed by atoms with Crippen LogP contribution in [0.1, 0.15) is 59.3 Å². The molecule has 2 saturated carbocycles. The van der Waals surface area contributed by atoms with Crippen molar-refractivity contribution in [3.05, 3.63) is 49.1 Å². The van der Waals surface area contributed by atoms with Crippen molar-refractivity contribution >= 4 is 29.3 Å². The van der Waals surface area contributed by atoms with Crippen LogP contribution in [0, 0.1) is 22.7 Å². The number of carbonyl (C=O) groups is 3. The fraction of sp³-hybridized carbons (Fsp3) is 0.581. The molecule has 2 aliphatic carbocycles. The van der Waals surface area contributed by atoms with Gasteiger partial charge in [0.15, 0.2) is 0 Å². The molecule has 3 amide bonds. The van der Waals surface area contributed by atoms with Crippen LogP contribution in [0.4, 0.5) is 16.2 Å². The van der Waals surface area contributed by atoms with E-state index in [-0.39, 0.29) is 35.2 Å². The molecule has 41 heavy (non-hydrogen) atoms. The lowest BCUT2D eigenvalue weighted by Crippen LogP contribution is -2.42. The molecule has 0 radical (unpaired) electrons. The molecule has 6 rings (SSSR count). The van der Waals surface area contributed by atoms with Crippen LogP contribution in [0.25, 0.3) is 0 Å². The van der Waals surface area contributed by atoms with E-state index in [1.165, 1.54) is 0 Å². The number of piperidine rings is 2. The van der Waals surface area contributed by atoms with E-state index in [0.717, 1.165) is 63.0 Å². The number of pyridine rings is 2. The zero-order chi connectivity index (χ0) is 29.1. The van der Waals surface area contributed by atoms with Crippen molar-refractivity contribution in [2.75, 3.05) is 36.8 Å². The molecule has 2 aromatic heterocycles. The van der Waals surface area contributed by atoms with Crippen LogP contribution < -0.4 is 16.0 Å². The Hall–Kier alpha value is -3.53. The monoisotopic (exact) mass is 562 g/mol. The molecule has 4 heterocycles. The molecule has 10 heteroatoms. The second-order valence-electron chi connectivity index (χ2n) is 12.9. The number of aromatic nitrogens is 2. The summed E-state index contributed by atoms with van der Waals surface area (Å²) >= 11 is 0. The lowest BCUT2D eigenvalue weighted by Gasteiger charge is -2.34. The number of ether oxygens (including phenoxy) is 1. The molecule has 4 aliphatic rings. The SMILES string of the molecule is CC(C)(C)OC(=O)N1CCC2(CC1)CC2C(=O)Nc1ccncc1.O=C(Nc1ccncc1)C1CC12CCNCC2. The average molecular weight is 563 g/mol. The highest BCUT2D eigenvalue weighted by atomic mass is 16.6. The van der Waals surface area contributed by atoms with Gasteiger partial charge >= 0.3 is 6.09 Å². The van der Waals surface area contributed by atoms with Crippen molar-refractivity contribution in [2.24, 2.45) is 22.7 Å². The van der Waals surface area contributed by atoms with Crippen molar-refractivity contribution in [1.29, 1.82) is 0 Å². The molecule has 0 bridgehead atoms. The largest absolute Gasteiger partial charge is 0.444 e. The lowest BCUT2D eigenvalue weighted by molar-refractivity contribution is -0.119. The number of nitrogens with zero attached hydrogens (tertiary/aromatic N) is 3. The van der Waals surface area contributed by atoms with Crippen molar-refractivity contribution < 1.29 is 19.1 Å². The molecule has 2 atom stereocenters. The molecule has 220 valence electrons. The number of carbonyl (C=O) groups excluding carboxylic acids is 3. The van der Waals surface area contributed by atoms with E-state index >= 15 is 0 Å². The highest BCUT2D eigenvalue weighted by molar-refractivity contribution is 5.95. The van der Waals surface area contributed by atoms with Gasteiger partial charge in [0.2, 0.25) is 11.8 Å². The van der Waals surface area contributed by atoms with Crippen molar-refractivity contribution in [3.8, 4) is 0 Å². The summed E-state index contributed by atoms with van der Waals surface area (Å²) in [6.45, 7) is 9.05. The Labute approximate surface area is 242 Å². The Morgan fingerprint density at radius 1 is 0.805 bits per heavy atom. The minimum Gasteiger partial charge on any atom is -0.444 e. The number of anilines is 2. The van der Waals surface area contributed by atoms with Crippen LogP contribution in [0.3, 0.4) is 0 Å². The highest BCUT2D eigenvalue weighted by Gasteiger charge is 2.59. The number of rotatable bonds is 4. The normalized spacial score (nSPS) is 23.5. The summed E-state index contributed by atoms with van der Waals surface area (Å²) in [4.78, 5) is 46.3. The number of hydrogen-bond acceptors (Lipinski definition) is 7. The quantitative estimate of drug-likeness (QED) is 0.502. The number of likely N-dealkylation sites (tertiary alicyclic amines) is 1. The van der Waals surface area contributed by atoms with E-state index in [9.17, 15) is 14.4 Å². The fourth-order valence-electron chi connectivity index (χ4n) is 6.26. The Balaban J connectivity index is 0.000000174. The number of nitrogens with one attached hydrogen (secondary N) is 3. The Morgan fingerprint density at radius 3 is 1.68 bits per heavy atom. The van der Waals surface area contributed by atoms with Gasteiger partial charge in [-0.25, -0.2) is 4.79 Å². The smallest absolute Gasteiger partial charge is 0.410 e. The lowest BCUT2D eigenvalue weighted by atomic mass is 9.91. The molecule has 0 aromatic carbocycles. The molecular weight excluding hydrogens is 520 g/mol. The predicted octanol–water partition coefficient (Wildman–Crippen LogP) is 4.47. The third-order valence-electron chi connectivity index (χ3n) is 8.92. The molecule has 2 spiro atoms. The first-order valence-electron chi connectivity index (χ1n) is 14.7. The topological polar surface area (TPSA) is 126 Å². The van der Waals surface area contributed by atoms with Crippen LogP contribution in [-0.2, 0) is 14.3 Å². The van der Waals surface area contributed by atoms with Crippen LogP contribution >= 0.6 is 0 Å². The van der Waals surface area contributed by atoms with E-state index in [1.54, 1.807) is 41.8 Å². The molecule has 10 nitrogen and oxygen atoms in total. The van der Waals surface area contributed by atoms with Crippen molar-refractivity contribution in [2.45, 2.75) is 64.9 Å². The Kier molecular flexibility index (Phi) is 8.31. The second-order valence-corrected chi connectivity index (χ2v) is 12.9. The maximum absolute atomic E-state index is 12.4. The van der Waals surface area contributed by atoms with Gasteiger partial charge in [0.25, 0.3) is 0 Å². The third-order valence-corrected chi connectivity index (χ3v) is 8.92. The molecule has 4 fully saturated rings. The zero-order valence-electron chi connectivity index (χ0n) is 24.3. The maximum Gasteiger partial charge on any atom is 0.410 e. The summed E-state index contributed by atoms with van der Waals surface area (Å²) in [6, 6.07) is 7.24. The van der Waals surface area contributed by atoms with Crippen molar-refractivity contribution in [1.82, 2.24) is 20.2 Å². The number of hydrogen-bond donors (Lipinski definition) is 3. The fourth-order valence-corrected chi connectivity index (χ4v) is 6.26. The van der Waals surface area contributed by atoms with Crippen LogP contribution in [0.5, 0.6) is 0 Å². The molecule has 2 unspecified atom stereocenters. The summed E-state index contributed by atoms with van der Waals surface area (Å²) < 4.78 is 5.42. The van der Waals surface area contributed by atoms with Crippen LogP contribution in [0.15, 0.2) is 49.1 Å². The van der Waals surface area contributed by atoms with Gasteiger partial charge in [-0.15, -0.1) is 0 Å². The molecule has 2 aliphatic heterocycles. The molecular formula is C31H42N6O4. The van der Waals surface area contributed by atoms with Crippen molar-refractivity contribution in [3.63, 3.8) is 0 Å². The zero-order valence-corrected chi connectivity index (χ0v) is 24.3. The number of amides is 3. The van der Waals surface area contributed by atoms with E-state index < -0.39 is 5.60 Å². The average Bonchev–Trinajstić information content (AvgIpc) is 3.85. The summed E-state index contributed by atoms with van der Waals surface area (Å²) in [6.07, 6.45) is 12.4. The van der Waals surface area contributed by atoms with Gasteiger partial charge in [-0.1, -0.05) is 0 Å². The van der Waals surface area contributed by atoms with Gasteiger partial charge in [-0.05, 0) is 107 Å². The van der Waals surface area contributed by atoms with E-state index in [4.69, 9.17) is 4.74 Å². The van der Waals surface area contributed by atoms with Gasteiger partial charge in [0, 0.05) is 61.1 Å². The maximum atomic E-state index is 12.4. The summed E-state index contributed by atoms with van der Waals surface area (Å²) in [5, 5.41) is 9.28. The van der Waals surface area contributed by atoms with Gasteiger partial charge < -0.3 is 25.6 Å². The van der Waals surface area contributed by atoms with Gasteiger partial charge in [0.05, 0.1) is 0 Å². The Morgan fingerprint density at radius 2 is 1.24 bits per heavy atom. The van der Waals surface area contributed by atoms with E-state index in [0.29, 0.717) is 18.5 Å². The first kappa shape index (κ1) is 29.0. The van der Waals surface area contributed by atoms with Gasteiger partial charge in [-0.3, -0.25) is 19.6 Å². The van der Waals surface area contributed by atoms with Gasteiger partial charge in [0.1, 0.15) is 5.60 Å². The molecule has 2 saturated heterocycles. The first-order chi connectivity index (χ1) is 19.6. The Bertz CT molecular complexity index is 1220. The first-order valence-corrected chi connectivity index (χ1v) is 14.7. The van der Waals surface area contributed by atoms with Gasteiger partial charge in [-0.2, -0.15) is 0 Å². The summed E-state index contributed by atoms with van der Waals surface area (Å²) in [5.41, 5.74) is 1.53.